The molecule has 1 aliphatic rings. The van der Waals surface area contributed by atoms with Crippen LogP contribution in [0.15, 0.2) is 12.1 Å². The lowest BCUT2D eigenvalue weighted by atomic mass is 9.94. The van der Waals surface area contributed by atoms with Gasteiger partial charge in [0.15, 0.2) is 0 Å². The Morgan fingerprint density at radius 1 is 1.39 bits per heavy atom. The Kier molecular flexibility index (Phi) is 3.71. The number of aryl methyl sites for hydroxylation is 1. The molecule has 1 unspecified atom stereocenters. The average molecular weight is 247 g/mol. The molecular weight excluding hydrogens is 226 g/mol. The van der Waals surface area contributed by atoms with E-state index in [0.717, 1.165) is 35.2 Å². The van der Waals surface area contributed by atoms with Crippen molar-refractivity contribution in [2.24, 2.45) is 5.92 Å². The predicted octanol–water partition coefficient (Wildman–Crippen LogP) is 2.82. The smallest absolute Gasteiger partial charge is 0.228 e. The molecule has 0 fully saturated rings. The van der Waals surface area contributed by atoms with Gasteiger partial charge < -0.3 is 10.4 Å². The lowest BCUT2D eigenvalue weighted by molar-refractivity contribution is -0.115. The molecule has 0 bridgehead atoms. The first kappa shape index (κ1) is 13.1. The standard InChI is InChI=1S/C15H21NO2/c1-4-10-6-11(13(17)5-9(2)3)7-12-8-14(18)16-15(10)12/h6-7,9,13,17H,4-5,8H2,1-3H3,(H,16,18). The maximum Gasteiger partial charge on any atom is 0.228 e. The van der Waals surface area contributed by atoms with Crippen LogP contribution in [-0.4, -0.2) is 11.0 Å². The van der Waals surface area contributed by atoms with Crippen molar-refractivity contribution in [3.8, 4) is 0 Å². The number of aliphatic hydroxyl groups excluding tert-OH is 1. The molecule has 98 valence electrons. The number of rotatable bonds is 4. The van der Waals surface area contributed by atoms with Crippen LogP contribution in [0.1, 0.15) is 50.0 Å². The van der Waals surface area contributed by atoms with Gasteiger partial charge in [-0.05, 0) is 35.4 Å². The highest BCUT2D eigenvalue weighted by molar-refractivity contribution is 6.00. The van der Waals surface area contributed by atoms with Crippen LogP contribution in [0.3, 0.4) is 0 Å². The summed E-state index contributed by atoms with van der Waals surface area (Å²) in [5.41, 5.74) is 4.05. The second-order valence-electron chi connectivity index (χ2n) is 5.44. The zero-order valence-electron chi connectivity index (χ0n) is 11.3. The van der Waals surface area contributed by atoms with E-state index >= 15 is 0 Å². The number of anilines is 1. The molecule has 18 heavy (non-hydrogen) atoms. The van der Waals surface area contributed by atoms with Gasteiger partial charge in [-0.3, -0.25) is 4.79 Å². The van der Waals surface area contributed by atoms with E-state index in [0.29, 0.717) is 12.3 Å². The Bertz CT molecular complexity index is 466. The minimum absolute atomic E-state index is 0.0511. The Hall–Kier alpha value is -1.35. The molecule has 3 nitrogen and oxygen atoms in total. The van der Waals surface area contributed by atoms with Gasteiger partial charge in [-0.1, -0.05) is 32.9 Å². The first-order valence-electron chi connectivity index (χ1n) is 6.64. The van der Waals surface area contributed by atoms with E-state index in [4.69, 9.17) is 0 Å². The summed E-state index contributed by atoms with van der Waals surface area (Å²) < 4.78 is 0. The van der Waals surface area contributed by atoms with Crippen LogP contribution in [0, 0.1) is 5.92 Å². The van der Waals surface area contributed by atoms with Crippen molar-refractivity contribution < 1.29 is 9.90 Å². The molecule has 0 saturated heterocycles. The third-order valence-corrected chi connectivity index (χ3v) is 3.40. The van der Waals surface area contributed by atoms with Gasteiger partial charge in [0.1, 0.15) is 0 Å². The molecule has 0 aromatic heterocycles. The van der Waals surface area contributed by atoms with E-state index in [1.807, 2.05) is 12.1 Å². The molecule has 1 atom stereocenters. The van der Waals surface area contributed by atoms with E-state index in [1.54, 1.807) is 0 Å². The number of hydrogen-bond acceptors (Lipinski definition) is 2. The van der Waals surface area contributed by atoms with Crippen molar-refractivity contribution in [3.05, 3.63) is 28.8 Å². The van der Waals surface area contributed by atoms with Crippen LogP contribution < -0.4 is 5.32 Å². The third-order valence-electron chi connectivity index (χ3n) is 3.40. The van der Waals surface area contributed by atoms with Crippen LogP contribution in [0.2, 0.25) is 0 Å². The molecule has 0 spiro atoms. The first-order valence-corrected chi connectivity index (χ1v) is 6.64. The number of carbonyl (C=O) groups excluding carboxylic acids is 1. The van der Waals surface area contributed by atoms with Crippen LogP contribution in [0.25, 0.3) is 0 Å². The number of benzene rings is 1. The quantitative estimate of drug-likeness (QED) is 0.859. The van der Waals surface area contributed by atoms with Crippen LogP contribution >= 0.6 is 0 Å². The number of fused-ring (bicyclic) bond motifs is 1. The average Bonchev–Trinajstić information content (AvgIpc) is 2.66. The second kappa shape index (κ2) is 5.11. The Morgan fingerprint density at radius 3 is 2.72 bits per heavy atom. The summed E-state index contributed by atoms with van der Waals surface area (Å²) >= 11 is 0. The molecule has 3 heteroatoms. The van der Waals surface area contributed by atoms with Crippen molar-refractivity contribution in [1.82, 2.24) is 0 Å². The molecule has 1 aromatic rings. The highest BCUT2D eigenvalue weighted by Gasteiger charge is 2.22. The Morgan fingerprint density at radius 2 is 2.11 bits per heavy atom. The molecule has 1 amide bonds. The van der Waals surface area contributed by atoms with Crippen molar-refractivity contribution >= 4 is 11.6 Å². The summed E-state index contributed by atoms with van der Waals surface area (Å²) in [7, 11) is 0. The van der Waals surface area contributed by atoms with Gasteiger partial charge in [0.25, 0.3) is 0 Å². The summed E-state index contributed by atoms with van der Waals surface area (Å²) in [6, 6.07) is 4.00. The monoisotopic (exact) mass is 247 g/mol. The lowest BCUT2D eigenvalue weighted by Crippen LogP contribution is -2.05. The minimum atomic E-state index is -0.434. The van der Waals surface area contributed by atoms with Crippen LogP contribution in [0.5, 0.6) is 0 Å². The fourth-order valence-electron chi connectivity index (χ4n) is 2.50. The molecule has 2 N–H and O–H groups in total. The minimum Gasteiger partial charge on any atom is -0.388 e. The van der Waals surface area contributed by atoms with Crippen molar-refractivity contribution in [2.45, 2.75) is 46.1 Å². The number of amides is 1. The van der Waals surface area contributed by atoms with Crippen molar-refractivity contribution in [3.63, 3.8) is 0 Å². The van der Waals surface area contributed by atoms with Crippen LogP contribution in [-0.2, 0) is 17.6 Å². The molecule has 1 heterocycles. The molecule has 0 radical (unpaired) electrons. The van der Waals surface area contributed by atoms with Gasteiger partial charge in [-0.15, -0.1) is 0 Å². The first-order chi connectivity index (χ1) is 8.51. The van der Waals surface area contributed by atoms with Gasteiger partial charge in [-0.2, -0.15) is 0 Å². The van der Waals surface area contributed by atoms with E-state index in [2.05, 4.69) is 26.1 Å². The molecule has 0 saturated carbocycles. The van der Waals surface area contributed by atoms with Crippen molar-refractivity contribution in [2.75, 3.05) is 5.32 Å². The Balaban J connectivity index is 2.34. The third kappa shape index (κ3) is 2.56. The highest BCUT2D eigenvalue weighted by atomic mass is 16.3. The topological polar surface area (TPSA) is 49.3 Å². The van der Waals surface area contributed by atoms with Gasteiger partial charge in [-0.25, -0.2) is 0 Å². The van der Waals surface area contributed by atoms with E-state index in [9.17, 15) is 9.90 Å². The zero-order valence-corrected chi connectivity index (χ0v) is 11.3. The van der Waals surface area contributed by atoms with Gasteiger partial charge >= 0.3 is 0 Å². The maximum atomic E-state index is 11.5. The normalized spacial score (nSPS) is 15.7. The maximum absolute atomic E-state index is 11.5. The Labute approximate surface area is 108 Å². The van der Waals surface area contributed by atoms with E-state index < -0.39 is 6.10 Å². The summed E-state index contributed by atoms with van der Waals surface area (Å²) in [4.78, 5) is 11.5. The van der Waals surface area contributed by atoms with E-state index in [-0.39, 0.29) is 5.91 Å². The molecular formula is C15H21NO2. The summed E-state index contributed by atoms with van der Waals surface area (Å²) in [6.07, 6.45) is 1.62. The summed E-state index contributed by atoms with van der Waals surface area (Å²) in [5, 5.41) is 13.1. The van der Waals surface area contributed by atoms with Gasteiger partial charge in [0, 0.05) is 5.69 Å². The fourth-order valence-corrected chi connectivity index (χ4v) is 2.50. The fraction of sp³-hybridized carbons (Fsp3) is 0.533. The van der Waals surface area contributed by atoms with E-state index in [1.165, 1.54) is 0 Å². The molecule has 1 aromatic carbocycles. The number of aliphatic hydroxyl groups is 1. The zero-order chi connectivity index (χ0) is 13.3. The van der Waals surface area contributed by atoms with Crippen molar-refractivity contribution in [1.29, 1.82) is 0 Å². The number of hydrogen-bond donors (Lipinski definition) is 2. The molecule has 2 rings (SSSR count). The van der Waals surface area contributed by atoms with Gasteiger partial charge in [0.2, 0.25) is 5.91 Å². The summed E-state index contributed by atoms with van der Waals surface area (Å²) in [5.74, 6) is 0.508. The summed E-state index contributed by atoms with van der Waals surface area (Å²) in [6.45, 7) is 6.27. The SMILES string of the molecule is CCc1cc(C(O)CC(C)C)cc2c1NC(=O)C2. The molecule has 1 aliphatic heterocycles. The highest BCUT2D eigenvalue weighted by Crippen LogP contribution is 2.32. The van der Waals surface area contributed by atoms with Gasteiger partial charge in [0.05, 0.1) is 12.5 Å². The molecule has 0 aliphatic carbocycles. The van der Waals surface area contributed by atoms with Crippen LogP contribution in [0.4, 0.5) is 5.69 Å². The second-order valence-corrected chi connectivity index (χ2v) is 5.44. The largest absolute Gasteiger partial charge is 0.388 e. The number of carbonyl (C=O) groups is 1. The number of nitrogens with one attached hydrogen (secondary N) is 1. The predicted molar refractivity (Wildman–Crippen MR) is 72.6 cm³/mol. The lowest BCUT2D eigenvalue weighted by Gasteiger charge is -2.16.